The van der Waals surface area contributed by atoms with E-state index < -0.39 is 11.9 Å². The van der Waals surface area contributed by atoms with Crippen LogP contribution >= 0.6 is 0 Å². The maximum absolute atomic E-state index is 11.5. The monoisotopic (exact) mass is 279 g/mol. The van der Waals surface area contributed by atoms with Crippen LogP contribution in [-0.2, 0) is 9.59 Å². The van der Waals surface area contributed by atoms with Crippen LogP contribution < -0.4 is 16.4 Å². The fourth-order valence-electron chi connectivity index (χ4n) is 1.49. The first-order chi connectivity index (χ1) is 9.49. The number of hydrogen-bond donors (Lipinski definition) is 4. The SMILES string of the molecule is NC(=O)c1ccc(NC(=O)CNCCCC(=O)O)cc1. The van der Waals surface area contributed by atoms with Crippen molar-refractivity contribution in [1.82, 2.24) is 5.32 Å². The van der Waals surface area contributed by atoms with E-state index in [-0.39, 0.29) is 18.9 Å². The van der Waals surface area contributed by atoms with Crippen molar-refractivity contribution in [2.45, 2.75) is 12.8 Å². The van der Waals surface area contributed by atoms with E-state index in [9.17, 15) is 14.4 Å². The summed E-state index contributed by atoms with van der Waals surface area (Å²) < 4.78 is 0. The van der Waals surface area contributed by atoms with Crippen molar-refractivity contribution in [3.63, 3.8) is 0 Å². The van der Waals surface area contributed by atoms with E-state index in [0.29, 0.717) is 24.2 Å². The van der Waals surface area contributed by atoms with Crippen molar-refractivity contribution < 1.29 is 19.5 Å². The van der Waals surface area contributed by atoms with Crippen LogP contribution in [0.5, 0.6) is 0 Å². The van der Waals surface area contributed by atoms with Crippen molar-refractivity contribution in [3.8, 4) is 0 Å². The smallest absolute Gasteiger partial charge is 0.303 e. The fourth-order valence-corrected chi connectivity index (χ4v) is 1.49. The molecule has 108 valence electrons. The molecular weight excluding hydrogens is 262 g/mol. The molecule has 0 aromatic heterocycles. The summed E-state index contributed by atoms with van der Waals surface area (Å²) in [5, 5.41) is 13.9. The van der Waals surface area contributed by atoms with E-state index in [1.807, 2.05) is 0 Å². The summed E-state index contributed by atoms with van der Waals surface area (Å²) in [5.74, 6) is -1.62. The molecule has 7 nitrogen and oxygen atoms in total. The lowest BCUT2D eigenvalue weighted by atomic mass is 10.2. The number of aliphatic carboxylic acids is 1. The van der Waals surface area contributed by atoms with E-state index in [1.54, 1.807) is 12.1 Å². The zero-order valence-corrected chi connectivity index (χ0v) is 10.9. The molecule has 1 aromatic rings. The average molecular weight is 279 g/mol. The molecule has 0 fully saturated rings. The average Bonchev–Trinajstić information content (AvgIpc) is 2.38. The Balaban J connectivity index is 2.28. The number of nitrogens with one attached hydrogen (secondary N) is 2. The summed E-state index contributed by atoms with van der Waals surface area (Å²) >= 11 is 0. The van der Waals surface area contributed by atoms with Gasteiger partial charge in [-0.05, 0) is 37.2 Å². The van der Waals surface area contributed by atoms with E-state index in [0.717, 1.165) is 0 Å². The number of amides is 2. The van der Waals surface area contributed by atoms with Gasteiger partial charge in [-0.2, -0.15) is 0 Å². The van der Waals surface area contributed by atoms with Crippen molar-refractivity contribution in [2.75, 3.05) is 18.4 Å². The number of nitrogens with two attached hydrogens (primary N) is 1. The van der Waals surface area contributed by atoms with Gasteiger partial charge in [0.1, 0.15) is 0 Å². The first-order valence-corrected chi connectivity index (χ1v) is 6.11. The van der Waals surface area contributed by atoms with Gasteiger partial charge in [-0.25, -0.2) is 0 Å². The molecule has 5 N–H and O–H groups in total. The quantitative estimate of drug-likeness (QED) is 0.506. The standard InChI is InChI=1S/C13H17N3O4/c14-13(20)9-3-5-10(6-4-9)16-11(17)8-15-7-1-2-12(18)19/h3-6,15H,1-2,7-8H2,(H2,14,20)(H,16,17)(H,18,19). The Labute approximate surface area is 116 Å². The predicted octanol–water partition coefficient (Wildman–Crippen LogP) is 0.178. The van der Waals surface area contributed by atoms with E-state index >= 15 is 0 Å². The topological polar surface area (TPSA) is 122 Å². The third-order valence-electron chi connectivity index (χ3n) is 2.48. The molecule has 0 unspecified atom stereocenters. The van der Waals surface area contributed by atoms with Crippen molar-refractivity contribution >= 4 is 23.5 Å². The Morgan fingerprint density at radius 3 is 2.35 bits per heavy atom. The normalized spacial score (nSPS) is 10.0. The summed E-state index contributed by atoms with van der Waals surface area (Å²) in [4.78, 5) is 32.7. The number of carbonyl (C=O) groups is 3. The van der Waals surface area contributed by atoms with Crippen LogP contribution in [0.25, 0.3) is 0 Å². The Morgan fingerprint density at radius 2 is 1.80 bits per heavy atom. The first-order valence-electron chi connectivity index (χ1n) is 6.11. The Hall–Kier alpha value is -2.41. The second kappa shape index (κ2) is 7.90. The van der Waals surface area contributed by atoms with Gasteiger partial charge in [0.2, 0.25) is 11.8 Å². The molecule has 0 bridgehead atoms. The molecule has 0 radical (unpaired) electrons. The second-order valence-electron chi connectivity index (χ2n) is 4.16. The van der Waals surface area contributed by atoms with Crippen LogP contribution in [0.15, 0.2) is 24.3 Å². The zero-order chi connectivity index (χ0) is 15.0. The number of rotatable bonds is 8. The van der Waals surface area contributed by atoms with Gasteiger partial charge in [0.05, 0.1) is 6.54 Å². The molecule has 20 heavy (non-hydrogen) atoms. The molecule has 0 saturated carbocycles. The van der Waals surface area contributed by atoms with Crippen LogP contribution in [0.4, 0.5) is 5.69 Å². The van der Waals surface area contributed by atoms with Gasteiger partial charge in [0.25, 0.3) is 0 Å². The van der Waals surface area contributed by atoms with Crippen molar-refractivity contribution in [2.24, 2.45) is 5.73 Å². The largest absolute Gasteiger partial charge is 0.481 e. The van der Waals surface area contributed by atoms with E-state index in [4.69, 9.17) is 10.8 Å². The highest BCUT2D eigenvalue weighted by molar-refractivity contribution is 5.95. The fraction of sp³-hybridized carbons (Fsp3) is 0.308. The minimum Gasteiger partial charge on any atom is -0.481 e. The third-order valence-corrected chi connectivity index (χ3v) is 2.48. The van der Waals surface area contributed by atoms with Crippen LogP contribution in [-0.4, -0.2) is 36.0 Å². The Bertz CT molecular complexity index is 485. The number of anilines is 1. The number of carboxylic acids is 1. The lowest BCUT2D eigenvalue weighted by molar-refractivity contribution is -0.137. The number of carbonyl (C=O) groups excluding carboxylic acids is 2. The summed E-state index contributed by atoms with van der Waals surface area (Å²) in [6.45, 7) is 0.553. The maximum atomic E-state index is 11.5. The highest BCUT2D eigenvalue weighted by atomic mass is 16.4. The highest BCUT2D eigenvalue weighted by Crippen LogP contribution is 2.08. The van der Waals surface area contributed by atoms with Gasteiger partial charge < -0.3 is 21.5 Å². The molecule has 1 aromatic carbocycles. The Morgan fingerprint density at radius 1 is 1.15 bits per heavy atom. The lowest BCUT2D eigenvalue weighted by Gasteiger charge is -2.06. The summed E-state index contributed by atoms with van der Waals surface area (Å²) in [6.07, 6.45) is 0.541. The van der Waals surface area contributed by atoms with Gasteiger partial charge in [-0.15, -0.1) is 0 Å². The number of hydrogen-bond acceptors (Lipinski definition) is 4. The summed E-state index contributed by atoms with van der Waals surface area (Å²) in [5.41, 5.74) is 6.03. The maximum Gasteiger partial charge on any atom is 0.303 e. The molecule has 0 saturated heterocycles. The van der Waals surface area contributed by atoms with E-state index in [1.165, 1.54) is 12.1 Å². The van der Waals surface area contributed by atoms with Crippen LogP contribution in [0.3, 0.4) is 0 Å². The summed E-state index contributed by atoms with van der Waals surface area (Å²) in [6, 6.07) is 6.22. The molecule has 0 aliphatic carbocycles. The molecule has 0 aliphatic heterocycles. The lowest BCUT2D eigenvalue weighted by Crippen LogP contribution is -2.29. The van der Waals surface area contributed by atoms with Crippen molar-refractivity contribution in [1.29, 1.82) is 0 Å². The first kappa shape index (κ1) is 15.6. The molecule has 0 spiro atoms. The second-order valence-corrected chi connectivity index (χ2v) is 4.16. The van der Waals surface area contributed by atoms with Crippen molar-refractivity contribution in [3.05, 3.63) is 29.8 Å². The molecular formula is C13H17N3O4. The number of carboxylic acid groups (broad SMARTS) is 1. The highest BCUT2D eigenvalue weighted by Gasteiger charge is 2.04. The predicted molar refractivity (Wildman–Crippen MR) is 73.3 cm³/mol. The number of primary amides is 1. The van der Waals surface area contributed by atoms with Gasteiger partial charge in [0, 0.05) is 17.7 Å². The molecule has 0 aliphatic rings. The molecule has 7 heteroatoms. The minimum absolute atomic E-state index is 0.0726. The van der Waals surface area contributed by atoms with Gasteiger partial charge in [0.15, 0.2) is 0 Å². The van der Waals surface area contributed by atoms with Crippen LogP contribution in [0, 0.1) is 0 Å². The molecule has 1 rings (SSSR count). The molecule has 0 heterocycles. The van der Waals surface area contributed by atoms with Crippen LogP contribution in [0.1, 0.15) is 23.2 Å². The number of benzene rings is 1. The van der Waals surface area contributed by atoms with Crippen LogP contribution in [0.2, 0.25) is 0 Å². The van der Waals surface area contributed by atoms with Gasteiger partial charge in [-0.1, -0.05) is 0 Å². The minimum atomic E-state index is -0.856. The molecule has 2 amide bonds. The summed E-state index contributed by atoms with van der Waals surface area (Å²) in [7, 11) is 0. The van der Waals surface area contributed by atoms with Gasteiger partial charge in [-0.3, -0.25) is 14.4 Å². The van der Waals surface area contributed by atoms with Gasteiger partial charge >= 0.3 is 5.97 Å². The van der Waals surface area contributed by atoms with E-state index in [2.05, 4.69) is 10.6 Å². The third kappa shape index (κ3) is 5.96. The molecule has 0 atom stereocenters. The Kier molecular flexibility index (Phi) is 6.18. The zero-order valence-electron chi connectivity index (χ0n) is 10.9.